The Bertz CT molecular complexity index is 1220. The largest absolute Gasteiger partial charge is 0.395 e. The van der Waals surface area contributed by atoms with Crippen LogP contribution in [0.2, 0.25) is 0 Å². The fraction of sp³-hybridized carbons (Fsp3) is 0.333. The van der Waals surface area contributed by atoms with Gasteiger partial charge in [0, 0.05) is 53.6 Å². The second-order valence-corrected chi connectivity index (χ2v) is 8.20. The molecule has 5 rings (SSSR count). The molecule has 9 heteroatoms. The molecule has 0 aliphatic carbocycles. The zero-order valence-corrected chi connectivity index (χ0v) is 17.2. The molecular formula is C21H22N6O2S. The number of rotatable bonds is 7. The number of fused-ring (bicyclic) bond motifs is 2. The van der Waals surface area contributed by atoms with E-state index in [4.69, 9.17) is 9.97 Å². The van der Waals surface area contributed by atoms with Gasteiger partial charge in [-0.3, -0.25) is 4.79 Å². The van der Waals surface area contributed by atoms with E-state index >= 15 is 0 Å². The van der Waals surface area contributed by atoms with Gasteiger partial charge in [0.05, 0.1) is 12.9 Å². The van der Waals surface area contributed by atoms with Crippen LogP contribution >= 0.6 is 11.3 Å². The van der Waals surface area contributed by atoms with Gasteiger partial charge in [0.15, 0.2) is 17.3 Å². The molecule has 2 N–H and O–H groups in total. The lowest BCUT2D eigenvalue weighted by Gasteiger charge is -2.16. The number of aromatic nitrogens is 4. The molecule has 4 heterocycles. The number of benzene rings is 1. The van der Waals surface area contributed by atoms with E-state index in [0.29, 0.717) is 43.2 Å². The van der Waals surface area contributed by atoms with E-state index in [1.807, 2.05) is 21.6 Å². The van der Waals surface area contributed by atoms with Crippen molar-refractivity contribution in [3.63, 3.8) is 0 Å². The Hall–Kier alpha value is -3.04. The summed E-state index contributed by atoms with van der Waals surface area (Å²) < 4.78 is 3.16. The molecule has 1 saturated heterocycles. The highest BCUT2D eigenvalue weighted by Gasteiger charge is 2.21. The average molecular weight is 423 g/mol. The van der Waals surface area contributed by atoms with Gasteiger partial charge in [-0.1, -0.05) is 18.2 Å². The number of nitrogens with zero attached hydrogens (tertiary/aromatic N) is 5. The lowest BCUT2D eigenvalue weighted by atomic mass is 10.1. The van der Waals surface area contributed by atoms with Crippen molar-refractivity contribution in [2.75, 3.05) is 31.6 Å². The molecule has 3 aromatic heterocycles. The zero-order valence-electron chi connectivity index (χ0n) is 16.4. The first-order chi connectivity index (χ1) is 14.7. The number of thiophene rings is 1. The highest BCUT2D eigenvalue weighted by atomic mass is 32.1. The molecule has 4 aromatic rings. The second-order valence-electron chi connectivity index (χ2n) is 7.29. The van der Waals surface area contributed by atoms with Crippen LogP contribution in [0.5, 0.6) is 0 Å². The number of aliphatic hydroxyl groups excluding tert-OH is 1. The van der Waals surface area contributed by atoms with Crippen molar-refractivity contribution in [2.45, 2.75) is 19.4 Å². The molecule has 1 aliphatic rings. The summed E-state index contributed by atoms with van der Waals surface area (Å²) in [5.41, 5.74) is 2.37. The maximum Gasteiger partial charge on any atom is 0.222 e. The van der Waals surface area contributed by atoms with Crippen molar-refractivity contribution in [1.29, 1.82) is 0 Å². The number of hydrogen-bond donors (Lipinski definition) is 2. The molecule has 154 valence electrons. The summed E-state index contributed by atoms with van der Waals surface area (Å²) >= 11 is 1.66. The minimum atomic E-state index is -0.00000857. The van der Waals surface area contributed by atoms with Gasteiger partial charge < -0.3 is 19.9 Å². The number of amides is 1. The maximum atomic E-state index is 11.9. The molecule has 8 nitrogen and oxygen atoms in total. The summed E-state index contributed by atoms with van der Waals surface area (Å²) in [7, 11) is 0. The van der Waals surface area contributed by atoms with Crippen LogP contribution in [0.4, 0.5) is 5.82 Å². The van der Waals surface area contributed by atoms with E-state index in [2.05, 4.69) is 27.8 Å². The quantitative estimate of drug-likeness (QED) is 0.475. The second kappa shape index (κ2) is 8.00. The van der Waals surface area contributed by atoms with Gasteiger partial charge in [-0.05, 0) is 12.5 Å². The maximum absolute atomic E-state index is 11.9. The molecule has 30 heavy (non-hydrogen) atoms. The van der Waals surface area contributed by atoms with Crippen molar-refractivity contribution in [2.24, 2.45) is 0 Å². The van der Waals surface area contributed by atoms with Crippen molar-refractivity contribution in [3.05, 3.63) is 36.0 Å². The van der Waals surface area contributed by atoms with E-state index in [9.17, 15) is 9.90 Å². The summed E-state index contributed by atoms with van der Waals surface area (Å²) in [6, 6.07) is 8.20. The normalized spacial score (nSPS) is 14.3. The van der Waals surface area contributed by atoms with Crippen LogP contribution < -0.4 is 5.32 Å². The van der Waals surface area contributed by atoms with E-state index in [-0.39, 0.29) is 12.5 Å². The lowest BCUT2D eigenvalue weighted by molar-refractivity contribution is -0.127. The number of imidazole rings is 1. The summed E-state index contributed by atoms with van der Waals surface area (Å²) in [5, 5.41) is 15.6. The minimum absolute atomic E-state index is 0.00000857. The summed E-state index contributed by atoms with van der Waals surface area (Å²) in [4.78, 5) is 27.9. The predicted molar refractivity (Wildman–Crippen MR) is 118 cm³/mol. The number of aliphatic hydroxyl groups is 1. The summed E-state index contributed by atoms with van der Waals surface area (Å²) in [5.74, 6) is 1.44. The van der Waals surface area contributed by atoms with Crippen molar-refractivity contribution < 1.29 is 9.90 Å². The highest BCUT2D eigenvalue weighted by molar-refractivity contribution is 7.17. The van der Waals surface area contributed by atoms with Crippen LogP contribution in [-0.2, 0) is 11.3 Å². The van der Waals surface area contributed by atoms with Crippen molar-refractivity contribution >= 4 is 44.3 Å². The Kier molecular flexibility index (Phi) is 5.06. The molecule has 0 spiro atoms. The van der Waals surface area contributed by atoms with Crippen LogP contribution in [-0.4, -0.2) is 61.7 Å². The van der Waals surface area contributed by atoms with Gasteiger partial charge in [0.2, 0.25) is 5.91 Å². The summed E-state index contributed by atoms with van der Waals surface area (Å²) in [6.45, 7) is 2.47. The zero-order chi connectivity index (χ0) is 20.5. The molecule has 0 saturated carbocycles. The Morgan fingerprint density at radius 3 is 2.93 bits per heavy atom. The molecule has 0 unspecified atom stereocenters. The molecule has 0 bridgehead atoms. The first-order valence-corrected chi connectivity index (χ1v) is 10.9. The number of hydrogen-bond acceptors (Lipinski definition) is 7. The van der Waals surface area contributed by atoms with E-state index in [0.717, 1.165) is 29.6 Å². The fourth-order valence-electron chi connectivity index (χ4n) is 3.85. The van der Waals surface area contributed by atoms with Crippen molar-refractivity contribution in [1.82, 2.24) is 24.4 Å². The van der Waals surface area contributed by atoms with Gasteiger partial charge in [-0.2, -0.15) is 0 Å². The lowest BCUT2D eigenvalue weighted by Crippen LogP contribution is -2.28. The molecule has 1 amide bonds. The Labute approximate surface area is 177 Å². The first-order valence-electron chi connectivity index (χ1n) is 10.1. The molecule has 1 aliphatic heterocycles. The Morgan fingerprint density at radius 2 is 2.10 bits per heavy atom. The monoisotopic (exact) mass is 422 g/mol. The van der Waals surface area contributed by atoms with Gasteiger partial charge in [-0.25, -0.2) is 15.0 Å². The smallest absolute Gasteiger partial charge is 0.222 e. The van der Waals surface area contributed by atoms with Crippen LogP contribution in [0, 0.1) is 0 Å². The van der Waals surface area contributed by atoms with E-state index in [1.165, 1.54) is 4.70 Å². The molecular weight excluding hydrogens is 400 g/mol. The number of carbonyl (C=O) groups is 1. The number of carbonyl (C=O) groups excluding carboxylic acids is 1. The van der Waals surface area contributed by atoms with Gasteiger partial charge in [0.1, 0.15) is 5.52 Å². The fourth-order valence-corrected chi connectivity index (χ4v) is 4.79. The molecule has 1 aromatic carbocycles. The Morgan fingerprint density at radius 1 is 1.20 bits per heavy atom. The third-order valence-electron chi connectivity index (χ3n) is 5.37. The number of likely N-dealkylation sites (tertiary alicyclic amines) is 1. The highest BCUT2D eigenvalue weighted by Crippen LogP contribution is 2.33. The van der Waals surface area contributed by atoms with Gasteiger partial charge in [0.25, 0.3) is 0 Å². The Balaban J connectivity index is 1.56. The first kappa shape index (κ1) is 19.0. The molecule has 0 radical (unpaired) electrons. The molecule has 0 atom stereocenters. The number of nitrogens with one attached hydrogen (secondary N) is 1. The number of anilines is 1. The minimum Gasteiger partial charge on any atom is -0.395 e. The van der Waals surface area contributed by atoms with Crippen LogP contribution in [0.15, 0.2) is 36.0 Å². The standard InChI is InChI=1S/C21H22N6O2S/c28-11-7-22-20-18-21(27(13-23-18)10-9-26-8-3-6-17(26)29)25-19(24-20)15-12-30-16-5-2-1-4-14(15)16/h1-2,4-5,12-13,28H,3,6-11H2,(H,22,24,25). The summed E-state index contributed by atoms with van der Waals surface area (Å²) in [6.07, 6.45) is 3.31. The third-order valence-corrected chi connectivity index (χ3v) is 6.34. The van der Waals surface area contributed by atoms with Gasteiger partial charge in [-0.15, -0.1) is 11.3 Å². The molecule has 1 fully saturated rings. The predicted octanol–water partition coefficient (Wildman–Crippen LogP) is 2.73. The SMILES string of the molecule is O=C1CCCN1CCn1cnc2c(NCCO)nc(-c3csc4ccccc34)nc21. The van der Waals surface area contributed by atoms with Crippen molar-refractivity contribution in [3.8, 4) is 11.4 Å². The van der Waals surface area contributed by atoms with Gasteiger partial charge >= 0.3 is 0 Å². The van der Waals surface area contributed by atoms with E-state index < -0.39 is 0 Å². The average Bonchev–Trinajstić information content (AvgIpc) is 3.48. The van der Waals surface area contributed by atoms with E-state index in [1.54, 1.807) is 17.7 Å². The van der Waals surface area contributed by atoms with Crippen LogP contribution in [0.3, 0.4) is 0 Å². The van der Waals surface area contributed by atoms with Crippen LogP contribution in [0.25, 0.3) is 32.6 Å². The van der Waals surface area contributed by atoms with Crippen LogP contribution in [0.1, 0.15) is 12.8 Å². The third kappa shape index (κ3) is 3.40. The topological polar surface area (TPSA) is 96.2 Å².